The van der Waals surface area contributed by atoms with E-state index in [4.69, 9.17) is 15.8 Å². The first-order valence-corrected chi connectivity index (χ1v) is 6.51. The molecule has 0 heterocycles. The van der Waals surface area contributed by atoms with Crippen LogP contribution in [-0.2, 0) is 10.2 Å². The largest absolute Gasteiger partial charge is 0.489 e. The number of para-hydroxylation sites is 1. The van der Waals surface area contributed by atoms with E-state index in [1.807, 2.05) is 47.1 Å². The van der Waals surface area contributed by atoms with Crippen LogP contribution < -0.4 is 4.74 Å². The van der Waals surface area contributed by atoms with Gasteiger partial charge in [0.05, 0.1) is 0 Å². The van der Waals surface area contributed by atoms with E-state index in [1.165, 1.54) is 0 Å². The molecule has 0 aliphatic carbocycles. The van der Waals surface area contributed by atoms with E-state index in [1.54, 1.807) is 0 Å². The molecule has 0 radical (unpaired) electrons. The van der Waals surface area contributed by atoms with E-state index < -0.39 is 10.2 Å². The van der Waals surface area contributed by atoms with Crippen molar-refractivity contribution >= 4 is 10.2 Å². The Bertz CT molecular complexity index is 606. The summed E-state index contributed by atoms with van der Waals surface area (Å²) in [5, 5.41) is 0. The summed E-state index contributed by atoms with van der Waals surface area (Å²) in [5.41, 5.74) is 16.1. The zero-order valence-corrected chi connectivity index (χ0v) is 11.4. The third-order valence-corrected chi connectivity index (χ3v) is 2.07. The van der Waals surface area contributed by atoms with Crippen LogP contribution in [0.1, 0.15) is 6.92 Å². The van der Waals surface area contributed by atoms with Crippen molar-refractivity contribution in [1.29, 1.82) is 0 Å². The third-order valence-electron chi connectivity index (χ3n) is 1.51. The van der Waals surface area contributed by atoms with Gasteiger partial charge in [-0.2, -0.15) is 0 Å². The molecule has 1 rings (SSSR count). The summed E-state index contributed by atoms with van der Waals surface area (Å²) in [4.78, 5) is 3.80. The molecular formula is C10H12N6O3S. The van der Waals surface area contributed by atoms with Crippen molar-refractivity contribution in [1.82, 2.24) is 0 Å². The Balaban J connectivity index is 0.000000370. The summed E-state index contributed by atoms with van der Waals surface area (Å²) in [6.45, 7) is 6.29. The Labute approximate surface area is 115 Å². The minimum atomic E-state index is -4.27. The van der Waals surface area contributed by atoms with Gasteiger partial charge in [0.2, 0.25) is 0 Å². The number of rotatable bonds is 5. The van der Waals surface area contributed by atoms with Gasteiger partial charge in [0.25, 0.3) is 0 Å². The van der Waals surface area contributed by atoms with Crippen molar-refractivity contribution in [2.24, 2.45) is 9.04 Å². The first-order chi connectivity index (χ1) is 9.41. The van der Waals surface area contributed by atoms with E-state index in [-0.39, 0.29) is 0 Å². The number of benzene rings is 1. The van der Waals surface area contributed by atoms with Gasteiger partial charge < -0.3 is 4.74 Å². The van der Waals surface area contributed by atoms with E-state index in [2.05, 4.69) is 15.6 Å². The Hall–Kier alpha value is -2.67. The number of ether oxygens (including phenoxy) is 1. The minimum Gasteiger partial charge on any atom is -0.489 e. The van der Waals surface area contributed by atoms with Crippen molar-refractivity contribution in [2.75, 3.05) is 6.61 Å². The van der Waals surface area contributed by atoms with Crippen LogP contribution in [0, 0.1) is 0 Å². The second kappa shape index (κ2) is 9.29. The first-order valence-electron chi connectivity index (χ1n) is 5.11. The van der Waals surface area contributed by atoms with Crippen molar-refractivity contribution < 1.29 is 13.2 Å². The van der Waals surface area contributed by atoms with Gasteiger partial charge in [-0.05, 0) is 35.7 Å². The lowest BCUT2D eigenvalue weighted by molar-refractivity contribution is 0.352. The Morgan fingerprint density at radius 1 is 1.25 bits per heavy atom. The average Bonchev–Trinajstić information content (AvgIpc) is 2.38. The second-order valence-corrected chi connectivity index (χ2v) is 4.57. The molecule has 0 saturated carbocycles. The maximum absolute atomic E-state index is 9.99. The maximum Gasteiger partial charge on any atom is 0.321 e. The van der Waals surface area contributed by atoms with Gasteiger partial charge in [0, 0.05) is 18.9 Å². The predicted octanol–water partition coefficient (Wildman–Crippen LogP) is 3.49. The fourth-order valence-corrected chi connectivity index (χ4v) is 1.05. The summed E-state index contributed by atoms with van der Waals surface area (Å²) >= 11 is 0. The van der Waals surface area contributed by atoms with Crippen molar-refractivity contribution in [3.63, 3.8) is 0 Å². The van der Waals surface area contributed by atoms with Crippen LogP contribution in [0.5, 0.6) is 5.75 Å². The zero-order valence-electron chi connectivity index (χ0n) is 10.6. The molecule has 20 heavy (non-hydrogen) atoms. The molecule has 0 N–H and O–H groups in total. The van der Waals surface area contributed by atoms with E-state index in [0.717, 1.165) is 11.3 Å². The molecule has 0 aliphatic rings. The summed E-state index contributed by atoms with van der Waals surface area (Å²) in [6.07, 6.45) is 0. The van der Waals surface area contributed by atoms with Crippen LogP contribution in [0.2, 0.25) is 0 Å². The quantitative estimate of drug-likeness (QED) is 0.355. The number of hydrogen-bond acceptors (Lipinski definition) is 3. The Kier molecular flexibility index (Phi) is 8.05. The predicted molar refractivity (Wildman–Crippen MR) is 74.0 cm³/mol. The SMILES string of the molecule is C=C(C)COc1ccccc1.[N-]=[N+]=NS(=O)(=O)N=[N+]=[N-]. The topological polar surface area (TPSA) is 141 Å². The molecule has 0 unspecified atom stereocenters. The lowest BCUT2D eigenvalue weighted by atomic mass is 10.3. The highest BCUT2D eigenvalue weighted by Crippen LogP contribution is 2.08. The van der Waals surface area contributed by atoms with Crippen molar-refractivity contribution in [3.05, 3.63) is 63.4 Å². The molecular weight excluding hydrogens is 284 g/mol. The molecule has 0 spiro atoms. The highest BCUT2D eigenvalue weighted by Gasteiger charge is 1.99. The van der Waals surface area contributed by atoms with Gasteiger partial charge in [-0.15, -0.1) is 0 Å². The standard InChI is InChI=1S/C10H12O.N6O2S/c1-9(2)8-11-10-6-4-3-5-7-10;1-3-5-9(7,8)6-4-2/h3-7H,1,8H2,2H3;. The summed E-state index contributed by atoms with van der Waals surface area (Å²) in [7, 11) is -4.27. The third kappa shape index (κ3) is 9.37. The highest BCUT2D eigenvalue weighted by atomic mass is 32.2. The number of azide groups is 1. The van der Waals surface area contributed by atoms with Crippen LogP contribution in [-0.4, -0.2) is 15.0 Å². The minimum absolute atomic E-state index is 0.601. The molecule has 0 amide bonds. The molecule has 1 aromatic rings. The molecule has 0 fully saturated rings. The smallest absolute Gasteiger partial charge is 0.321 e. The molecule has 1 aromatic carbocycles. The number of nitrogens with zero attached hydrogens (tertiary/aromatic N) is 6. The monoisotopic (exact) mass is 296 g/mol. The molecule has 0 aliphatic heterocycles. The van der Waals surface area contributed by atoms with Crippen LogP contribution in [0.4, 0.5) is 0 Å². The molecule has 0 bridgehead atoms. The van der Waals surface area contributed by atoms with Gasteiger partial charge in [0.1, 0.15) is 12.4 Å². The van der Waals surface area contributed by atoms with Crippen molar-refractivity contribution in [2.45, 2.75) is 6.92 Å². The fourth-order valence-electron chi connectivity index (χ4n) is 0.832. The van der Waals surface area contributed by atoms with Crippen LogP contribution in [0.15, 0.2) is 51.5 Å². The molecule has 0 atom stereocenters. The maximum atomic E-state index is 9.99. The molecule has 10 heteroatoms. The van der Waals surface area contributed by atoms with Crippen LogP contribution >= 0.6 is 0 Å². The number of hydrogen-bond donors (Lipinski definition) is 0. The molecule has 106 valence electrons. The fraction of sp³-hybridized carbons (Fsp3) is 0.200. The van der Waals surface area contributed by atoms with Gasteiger partial charge in [0.15, 0.2) is 0 Å². The normalized spacial score (nSPS) is 9.05. The van der Waals surface area contributed by atoms with Gasteiger partial charge in [-0.3, -0.25) is 0 Å². The first kappa shape index (κ1) is 17.3. The lowest BCUT2D eigenvalue weighted by Crippen LogP contribution is -1.96. The van der Waals surface area contributed by atoms with E-state index >= 15 is 0 Å². The molecule has 0 saturated heterocycles. The van der Waals surface area contributed by atoms with E-state index in [0.29, 0.717) is 6.61 Å². The van der Waals surface area contributed by atoms with Crippen molar-refractivity contribution in [3.8, 4) is 5.75 Å². The zero-order chi connectivity index (χ0) is 15.4. The van der Waals surface area contributed by atoms with Gasteiger partial charge >= 0.3 is 10.2 Å². The Morgan fingerprint density at radius 3 is 2.15 bits per heavy atom. The lowest BCUT2D eigenvalue weighted by Gasteiger charge is -2.03. The molecule has 9 nitrogen and oxygen atoms in total. The molecule has 0 aromatic heterocycles. The summed E-state index contributed by atoms with van der Waals surface area (Å²) < 4.78 is 29.7. The van der Waals surface area contributed by atoms with E-state index in [9.17, 15) is 8.42 Å². The van der Waals surface area contributed by atoms with Gasteiger partial charge in [-0.25, -0.2) is 8.42 Å². The summed E-state index contributed by atoms with van der Waals surface area (Å²) in [6, 6.07) is 9.74. The Morgan fingerprint density at radius 2 is 1.75 bits per heavy atom. The van der Waals surface area contributed by atoms with Crippen LogP contribution in [0.3, 0.4) is 0 Å². The summed E-state index contributed by atoms with van der Waals surface area (Å²) in [5.74, 6) is 0.899. The van der Waals surface area contributed by atoms with Crippen LogP contribution in [0.25, 0.3) is 20.9 Å². The average molecular weight is 296 g/mol. The van der Waals surface area contributed by atoms with Gasteiger partial charge in [-0.1, -0.05) is 24.8 Å². The second-order valence-electron chi connectivity index (χ2n) is 3.35. The highest BCUT2D eigenvalue weighted by molar-refractivity contribution is 7.88.